The highest BCUT2D eigenvalue weighted by Gasteiger charge is 2.34. The molecule has 158 valence electrons. The summed E-state index contributed by atoms with van der Waals surface area (Å²) in [5.41, 5.74) is 3.97. The zero-order valence-corrected chi connectivity index (χ0v) is 18.2. The standard InChI is InChI=1S/C29H25NO2/c1-31-26-15-10-22(11-16-26)28-8-5-19-29(30-28,24-13-17-27(32-2)18-14-24)25-12-9-21-6-3-4-7-23(21)20-25/h3-20,30H,1-2H3. The number of hydrogen-bond donors (Lipinski definition) is 1. The van der Waals surface area contributed by atoms with Crippen LogP contribution in [0.5, 0.6) is 11.5 Å². The van der Waals surface area contributed by atoms with Gasteiger partial charge in [-0.25, -0.2) is 0 Å². The molecule has 0 fully saturated rings. The first-order valence-corrected chi connectivity index (χ1v) is 10.7. The van der Waals surface area contributed by atoms with Gasteiger partial charge in [0.25, 0.3) is 0 Å². The van der Waals surface area contributed by atoms with Crippen molar-refractivity contribution in [3.05, 3.63) is 126 Å². The van der Waals surface area contributed by atoms with Crippen LogP contribution in [0.4, 0.5) is 0 Å². The summed E-state index contributed by atoms with van der Waals surface area (Å²) in [6, 6.07) is 31.5. The maximum absolute atomic E-state index is 5.40. The SMILES string of the molecule is COc1ccc(C2=CC=CC(c3ccc(OC)cc3)(c3ccc4ccccc4c3)N2)cc1. The number of methoxy groups -OCH3 is 2. The van der Waals surface area contributed by atoms with Crippen LogP contribution in [0.2, 0.25) is 0 Å². The van der Waals surface area contributed by atoms with E-state index in [1.807, 2.05) is 24.3 Å². The Hall–Kier alpha value is -3.98. The zero-order chi connectivity index (χ0) is 22.0. The predicted molar refractivity (Wildman–Crippen MR) is 131 cm³/mol. The van der Waals surface area contributed by atoms with Gasteiger partial charge in [-0.2, -0.15) is 0 Å². The molecular formula is C29H25NO2. The third-order valence-electron chi connectivity index (χ3n) is 6.09. The van der Waals surface area contributed by atoms with Gasteiger partial charge >= 0.3 is 0 Å². The van der Waals surface area contributed by atoms with Crippen molar-refractivity contribution < 1.29 is 9.47 Å². The Kier molecular flexibility index (Phi) is 5.16. The van der Waals surface area contributed by atoms with Crippen LogP contribution in [0.15, 0.2) is 109 Å². The van der Waals surface area contributed by atoms with Crippen LogP contribution in [-0.4, -0.2) is 14.2 Å². The number of allylic oxidation sites excluding steroid dienone is 2. The molecule has 4 aromatic rings. The molecule has 0 amide bonds. The van der Waals surface area contributed by atoms with E-state index in [-0.39, 0.29) is 0 Å². The molecule has 1 heterocycles. The Morgan fingerprint density at radius 2 is 1.28 bits per heavy atom. The molecule has 0 aromatic heterocycles. The molecule has 5 rings (SSSR count). The fourth-order valence-electron chi connectivity index (χ4n) is 4.32. The number of nitrogens with one attached hydrogen (secondary N) is 1. The average Bonchev–Trinajstić information content (AvgIpc) is 2.88. The van der Waals surface area contributed by atoms with Gasteiger partial charge in [-0.3, -0.25) is 0 Å². The molecular weight excluding hydrogens is 394 g/mol. The predicted octanol–water partition coefficient (Wildman–Crippen LogP) is 6.30. The first-order chi connectivity index (χ1) is 15.7. The summed E-state index contributed by atoms with van der Waals surface area (Å²) in [4.78, 5) is 0. The molecule has 32 heavy (non-hydrogen) atoms. The number of benzene rings is 4. The van der Waals surface area contributed by atoms with E-state index in [1.54, 1.807) is 14.2 Å². The zero-order valence-electron chi connectivity index (χ0n) is 18.2. The van der Waals surface area contributed by atoms with Crippen molar-refractivity contribution in [1.29, 1.82) is 0 Å². The van der Waals surface area contributed by atoms with Gasteiger partial charge in [-0.15, -0.1) is 0 Å². The molecule has 1 atom stereocenters. The second-order valence-corrected chi connectivity index (χ2v) is 7.89. The highest BCUT2D eigenvalue weighted by atomic mass is 16.5. The van der Waals surface area contributed by atoms with Gasteiger partial charge in [-0.1, -0.05) is 60.7 Å². The Bertz CT molecular complexity index is 1300. The highest BCUT2D eigenvalue weighted by Crippen LogP contribution is 2.38. The summed E-state index contributed by atoms with van der Waals surface area (Å²) in [6.07, 6.45) is 6.48. The van der Waals surface area contributed by atoms with Gasteiger partial charge < -0.3 is 14.8 Å². The first-order valence-electron chi connectivity index (χ1n) is 10.7. The number of rotatable bonds is 5. The Labute approximate surface area is 188 Å². The van der Waals surface area contributed by atoms with E-state index in [1.165, 1.54) is 16.3 Å². The lowest BCUT2D eigenvalue weighted by molar-refractivity contribution is 0.414. The second kappa shape index (κ2) is 8.27. The lowest BCUT2D eigenvalue weighted by Gasteiger charge is -2.37. The molecule has 1 N–H and O–H groups in total. The number of dihydropyridines is 1. The van der Waals surface area contributed by atoms with E-state index >= 15 is 0 Å². The van der Waals surface area contributed by atoms with Gasteiger partial charge in [0.2, 0.25) is 0 Å². The van der Waals surface area contributed by atoms with Crippen molar-refractivity contribution in [2.75, 3.05) is 14.2 Å². The summed E-state index contributed by atoms with van der Waals surface area (Å²) in [5, 5.41) is 6.29. The van der Waals surface area contributed by atoms with Gasteiger partial charge in [-0.05, 0) is 76.0 Å². The second-order valence-electron chi connectivity index (χ2n) is 7.89. The minimum Gasteiger partial charge on any atom is -0.497 e. The molecule has 1 unspecified atom stereocenters. The molecule has 0 saturated carbocycles. The van der Waals surface area contributed by atoms with Crippen LogP contribution in [-0.2, 0) is 5.54 Å². The first kappa shape index (κ1) is 20.0. The van der Waals surface area contributed by atoms with Crippen LogP contribution in [0.25, 0.3) is 16.5 Å². The lowest BCUT2D eigenvalue weighted by atomic mass is 9.79. The van der Waals surface area contributed by atoms with Gasteiger partial charge in [0.15, 0.2) is 0 Å². The van der Waals surface area contributed by atoms with Crippen molar-refractivity contribution in [3.63, 3.8) is 0 Å². The smallest absolute Gasteiger partial charge is 0.118 e. The summed E-state index contributed by atoms with van der Waals surface area (Å²) >= 11 is 0. The molecule has 1 aliphatic rings. The minimum absolute atomic E-state index is 0.514. The Morgan fingerprint density at radius 3 is 1.97 bits per heavy atom. The summed E-state index contributed by atoms with van der Waals surface area (Å²) < 4.78 is 10.7. The van der Waals surface area contributed by atoms with Crippen LogP contribution < -0.4 is 14.8 Å². The molecule has 0 radical (unpaired) electrons. The summed E-state index contributed by atoms with van der Waals surface area (Å²) in [7, 11) is 3.38. The van der Waals surface area contributed by atoms with E-state index in [4.69, 9.17) is 9.47 Å². The molecule has 0 spiro atoms. The molecule has 1 aliphatic heterocycles. The van der Waals surface area contributed by atoms with Crippen LogP contribution >= 0.6 is 0 Å². The lowest BCUT2D eigenvalue weighted by Crippen LogP contribution is -2.42. The highest BCUT2D eigenvalue weighted by molar-refractivity contribution is 5.84. The Morgan fingerprint density at radius 1 is 0.656 bits per heavy atom. The quantitative estimate of drug-likeness (QED) is 0.412. The van der Waals surface area contributed by atoms with Gasteiger partial charge in [0, 0.05) is 5.70 Å². The minimum atomic E-state index is -0.514. The van der Waals surface area contributed by atoms with Crippen molar-refractivity contribution in [1.82, 2.24) is 5.32 Å². The average molecular weight is 420 g/mol. The number of ether oxygens (including phenoxy) is 2. The molecule has 0 aliphatic carbocycles. The third kappa shape index (κ3) is 3.52. The fourth-order valence-corrected chi connectivity index (χ4v) is 4.32. The van der Waals surface area contributed by atoms with E-state index in [0.29, 0.717) is 0 Å². The van der Waals surface area contributed by atoms with Crippen molar-refractivity contribution >= 4 is 16.5 Å². The summed E-state index contributed by atoms with van der Waals surface area (Å²) in [5.74, 6) is 1.68. The molecule has 0 saturated heterocycles. The molecule has 3 heteroatoms. The maximum atomic E-state index is 5.40. The number of fused-ring (bicyclic) bond motifs is 1. The molecule has 4 aromatic carbocycles. The van der Waals surface area contributed by atoms with Crippen LogP contribution in [0.1, 0.15) is 16.7 Å². The normalized spacial score (nSPS) is 17.5. The van der Waals surface area contributed by atoms with Crippen LogP contribution in [0, 0.1) is 0 Å². The van der Waals surface area contributed by atoms with E-state index in [2.05, 4.69) is 90.3 Å². The van der Waals surface area contributed by atoms with Gasteiger partial charge in [0.05, 0.1) is 14.2 Å². The third-order valence-corrected chi connectivity index (χ3v) is 6.09. The van der Waals surface area contributed by atoms with E-state index < -0.39 is 5.54 Å². The number of hydrogen-bond acceptors (Lipinski definition) is 3. The molecule has 3 nitrogen and oxygen atoms in total. The van der Waals surface area contributed by atoms with Gasteiger partial charge in [0.1, 0.15) is 17.0 Å². The Balaban J connectivity index is 1.64. The van der Waals surface area contributed by atoms with Crippen molar-refractivity contribution in [2.24, 2.45) is 0 Å². The molecule has 0 bridgehead atoms. The topological polar surface area (TPSA) is 30.5 Å². The summed E-state index contributed by atoms with van der Waals surface area (Å²) in [6.45, 7) is 0. The van der Waals surface area contributed by atoms with Crippen molar-refractivity contribution in [2.45, 2.75) is 5.54 Å². The van der Waals surface area contributed by atoms with E-state index in [9.17, 15) is 0 Å². The monoisotopic (exact) mass is 419 g/mol. The maximum Gasteiger partial charge on any atom is 0.118 e. The fraction of sp³-hybridized carbons (Fsp3) is 0.103. The van der Waals surface area contributed by atoms with E-state index in [0.717, 1.165) is 28.3 Å². The largest absolute Gasteiger partial charge is 0.497 e. The van der Waals surface area contributed by atoms with Crippen molar-refractivity contribution in [3.8, 4) is 11.5 Å². The van der Waals surface area contributed by atoms with Crippen LogP contribution in [0.3, 0.4) is 0 Å².